The standard InChI is InChI=1S/C28H32N4O4/c1-18(2)35-25-8-7-23(15-24(25)16-29)28-30-27(31-36-28)22-6-5-20-10-12-32(13-11-21(20)14-22)26(34)9-4-19(3)17-33/h5-8,14-15,18-19,33H,4,9-13,17H2,1-3H3/t19-/m0/s1. The molecule has 188 valence electrons. The number of hydrogen-bond acceptors (Lipinski definition) is 7. The van der Waals surface area contributed by atoms with Crippen LogP contribution in [0.15, 0.2) is 40.9 Å². The highest BCUT2D eigenvalue weighted by Crippen LogP contribution is 2.29. The number of amides is 1. The largest absolute Gasteiger partial charge is 0.490 e. The van der Waals surface area contributed by atoms with E-state index in [4.69, 9.17) is 9.26 Å². The second kappa shape index (κ2) is 11.4. The van der Waals surface area contributed by atoms with Gasteiger partial charge in [0, 0.05) is 37.2 Å². The Balaban J connectivity index is 1.48. The number of benzene rings is 2. The molecule has 0 fully saturated rings. The number of fused-ring (bicyclic) bond motifs is 1. The van der Waals surface area contributed by atoms with Crippen LogP contribution in [0.25, 0.3) is 22.8 Å². The monoisotopic (exact) mass is 488 g/mol. The van der Waals surface area contributed by atoms with Gasteiger partial charge in [0.2, 0.25) is 11.7 Å². The molecule has 36 heavy (non-hydrogen) atoms. The lowest BCUT2D eigenvalue weighted by molar-refractivity contribution is -0.131. The first kappa shape index (κ1) is 25.4. The molecule has 0 unspecified atom stereocenters. The maximum Gasteiger partial charge on any atom is 0.258 e. The van der Waals surface area contributed by atoms with Crippen molar-refractivity contribution >= 4 is 5.91 Å². The van der Waals surface area contributed by atoms with Crippen molar-refractivity contribution in [2.75, 3.05) is 19.7 Å². The van der Waals surface area contributed by atoms with E-state index in [0.717, 1.165) is 18.4 Å². The number of aromatic nitrogens is 2. The second-order valence-corrected chi connectivity index (χ2v) is 9.60. The van der Waals surface area contributed by atoms with E-state index < -0.39 is 0 Å². The number of rotatable bonds is 8. The Kier molecular flexibility index (Phi) is 8.01. The molecule has 0 radical (unpaired) electrons. The van der Waals surface area contributed by atoms with Crippen LogP contribution in [0.4, 0.5) is 0 Å². The molecule has 0 saturated heterocycles. The first-order chi connectivity index (χ1) is 17.4. The van der Waals surface area contributed by atoms with Crippen LogP contribution < -0.4 is 4.74 Å². The predicted octanol–water partition coefficient (Wildman–Crippen LogP) is 4.40. The van der Waals surface area contributed by atoms with Crippen LogP contribution in [0.2, 0.25) is 0 Å². The van der Waals surface area contributed by atoms with Gasteiger partial charge in [0.05, 0.1) is 11.7 Å². The summed E-state index contributed by atoms with van der Waals surface area (Å²) in [5.41, 5.74) is 4.32. The lowest BCUT2D eigenvalue weighted by Crippen LogP contribution is -2.33. The first-order valence-electron chi connectivity index (χ1n) is 12.4. The Bertz CT molecular complexity index is 1260. The lowest BCUT2D eigenvalue weighted by Gasteiger charge is -2.21. The lowest BCUT2D eigenvalue weighted by atomic mass is 10.00. The molecule has 1 atom stereocenters. The Morgan fingerprint density at radius 1 is 1.14 bits per heavy atom. The Labute approximate surface area is 211 Å². The van der Waals surface area contributed by atoms with E-state index in [1.165, 1.54) is 11.1 Å². The number of carbonyl (C=O) groups excluding carboxylic acids is 1. The van der Waals surface area contributed by atoms with Crippen molar-refractivity contribution in [1.82, 2.24) is 15.0 Å². The average Bonchev–Trinajstić information content (AvgIpc) is 3.28. The van der Waals surface area contributed by atoms with E-state index in [1.807, 2.05) is 31.7 Å². The number of ether oxygens (including phenoxy) is 1. The van der Waals surface area contributed by atoms with E-state index in [1.54, 1.807) is 18.2 Å². The van der Waals surface area contributed by atoms with Gasteiger partial charge in [-0.05, 0) is 74.4 Å². The summed E-state index contributed by atoms with van der Waals surface area (Å²) in [4.78, 5) is 19.1. The van der Waals surface area contributed by atoms with Crippen molar-refractivity contribution in [3.8, 4) is 34.7 Å². The summed E-state index contributed by atoms with van der Waals surface area (Å²) in [5.74, 6) is 1.62. The van der Waals surface area contributed by atoms with Crippen molar-refractivity contribution in [3.05, 3.63) is 53.1 Å². The summed E-state index contributed by atoms with van der Waals surface area (Å²) in [6, 6.07) is 13.5. The third kappa shape index (κ3) is 5.92. The quantitative estimate of drug-likeness (QED) is 0.500. The van der Waals surface area contributed by atoms with Crippen LogP contribution in [-0.2, 0) is 17.6 Å². The molecule has 0 aliphatic carbocycles. The maximum atomic E-state index is 12.7. The van der Waals surface area contributed by atoms with Gasteiger partial charge in [-0.2, -0.15) is 10.2 Å². The van der Waals surface area contributed by atoms with Crippen LogP contribution in [0.5, 0.6) is 5.75 Å². The fourth-order valence-electron chi connectivity index (χ4n) is 4.30. The SMILES string of the molecule is CC(C)Oc1ccc(-c2nc(-c3ccc4c(c3)CCN(C(=O)CC[C@H](C)CO)CC4)no2)cc1C#N. The number of hydrogen-bond donors (Lipinski definition) is 1. The van der Waals surface area contributed by atoms with Crippen molar-refractivity contribution in [3.63, 3.8) is 0 Å². The summed E-state index contributed by atoms with van der Waals surface area (Å²) in [5, 5.41) is 22.9. The smallest absolute Gasteiger partial charge is 0.258 e. The molecule has 8 nitrogen and oxygen atoms in total. The van der Waals surface area contributed by atoms with Gasteiger partial charge in [-0.25, -0.2) is 0 Å². The second-order valence-electron chi connectivity index (χ2n) is 9.60. The van der Waals surface area contributed by atoms with E-state index in [0.29, 0.717) is 54.5 Å². The molecule has 0 saturated carbocycles. The zero-order chi connectivity index (χ0) is 25.7. The van der Waals surface area contributed by atoms with Crippen LogP contribution >= 0.6 is 0 Å². The molecular formula is C28H32N4O4. The van der Waals surface area contributed by atoms with Gasteiger partial charge in [-0.15, -0.1) is 0 Å². The van der Waals surface area contributed by atoms with Crippen molar-refractivity contribution in [1.29, 1.82) is 5.26 Å². The summed E-state index contributed by atoms with van der Waals surface area (Å²) >= 11 is 0. The van der Waals surface area contributed by atoms with Crippen molar-refractivity contribution < 1.29 is 19.2 Å². The molecule has 1 N–H and O–H groups in total. The summed E-state index contributed by atoms with van der Waals surface area (Å²) in [6.45, 7) is 7.25. The van der Waals surface area contributed by atoms with Gasteiger partial charge in [0.15, 0.2) is 0 Å². The fourth-order valence-corrected chi connectivity index (χ4v) is 4.30. The topological polar surface area (TPSA) is 112 Å². The fraction of sp³-hybridized carbons (Fsp3) is 0.429. The summed E-state index contributed by atoms with van der Waals surface area (Å²) < 4.78 is 11.2. The molecule has 8 heteroatoms. The first-order valence-corrected chi connectivity index (χ1v) is 12.4. The Morgan fingerprint density at radius 3 is 2.61 bits per heavy atom. The number of aliphatic hydroxyl groups excluding tert-OH is 1. The van der Waals surface area contributed by atoms with Crippen molar-refractivity contribution in [2.24, 2.45) is 5.92 Å². The number of nitriles is 1. The average molecular weight is 489 g/mol. The predicted molar refractivity (Wildman–Crippen MR) is 135 cm³/mol. The third-order valence-electron chi connectivity index (χ3n) is 6.42. The van der Waals surface area contributed by atoms with Gasteiger partial charge < -0.3 is 19.3 Å². The van der Waals surface area contributed by atoms with Gasteiger partial charge in [0.1, 0.15) is 11.8 Å². The minimum absolute atomic E-state index is 0.0358. The van der Waals surface area contributed by atoms with E-state index in [-0.39, 0.29) is 24.5 Å². The van der Waals surface area contributed by atoms with Gasteiger partial charge in [0.25, 0.3) is 5.89 Å². The highest BCUT2D eigenvalue weighted by molar-refractivity contribution is 5.76. The molecular weight excluding hydrogens is 456 g/mol. The van der Waals surface area contributed by atoms with E-state index >= 15 is 0 Å². The summed E-state index contributed by atoms with van der Waals surface area (Å²) in [6.07, 6.45) is 2.69. The number of aliphatic hydroxyl groups is 1. The molecule has 1 aliphatic rings. The third-order valence-corrected chi connectivity index (χ3v) is 6.42. The van der Waals surface area contributed by atoms with Crippen LogP contribution in [0, 0.1) is 17.2 Å². The Hall–Kier alpha value is -3.70. The molecule has 2 heterocycles. The van der Waals surface area contributed by atoms with Crippen LogP contribution in [0.3, 0.4) is 0 Å². The van der Waals surface area contributed by atoms with Crippen LogP contribution in [0.1, 0.15) is 50.3 Å². The molecule has 3 aromatic rings. The van der Waals surface area contributed by atoms with Gasteiger partial charge in [-0.3, -0.25) is 4.79 Å². The Morgan fingerprint density at radius 2 is 1.89 bits per heavy atom. The molecule has 4 rings (SSSR count). The highest BCUT2D eigenvalue weighted by atomic mass is 16.5. The minimum Gasteiger partial charge on any atom is -0.490 e. The normalized spacial score (nSPS) is 14.2. The molecule has 2 aromatic carbocycles. The maximum absolute atomic E-state index is 12.7. The van der Waals surface area contributed by atoms with E-state index in [2.05, 4.69) is 28.3 Å². The molecule has 0 bridgehead atoms. The molecule has 1 aromatic heterocycles. The number of carbonyl (C=O) groups is 1. The molecule has 0 spiro atoms. The van der Waals surface area contributed by atoms with Gasteiger partial charge >= 0.3 is 0 Å². The zero-order valence-electron chi connectivity index (χ0n) is 21.0. The van der Waals surface area contributed by atoms with Gasteiger partial charge in [-0.1, -0.05) is 24.2 Å². The van der Waals surface area contributed by atoms with Crippen molar-refractivity contribution in [2.45, 2.75) is 52.6 Å². The summed E-state index contributed by atoms with van der Waals surface area (Å²) in [7, 11) is 0. The van der Waals surface area contributed by atoms with Crippen LogP contribution in [-0.4, -0.2) is 51.9 Å². The zero-order valence-corrected chi connectivity index (χ0v) is 21.0. The highest BCUT2D eigenvalue weighted by Gasteiger charge is 2.20. The molecule has 1 amide bonds. The number of nitrogens with zero attached hydrogens (tertiary/aromatic N) is 4. The molecule has 1 aliphatic heterocycles. The van der Waals surface area contributed by atoms with E-state index in [9.17, 15) is 15.2 Å². The minimum atomic E-state index is -0.0358.